The Hall–Kier alpha value is -3.74. The van der Waals surface area contributed by atoms with Crippen molar-refractivity contribution in [1.82, 2.24) is 14.4 Å². The molecule has 1 aromatic heterocycles. The first-order chi connectivity index (χ1) is 16.4. The number of methoxy groups -OCH3 is 2. The van der Waals surface area contributed by atoms with Crippen LogP contribution in [0.1, 0.15) is 38.5 Å². The largest absolute Gasteiger partial charge is 0.497 e. The molecule has 4 rings (SSSR count). The van der Waals surface area contributed by atoms with Gasteiger partial charge < -0.3 is 23.8 Å². The zero-order chi connectivity index (χ0) is 24.2. The van der Waals surface area contributed by atoms with Crippen molar-refractivity contribution in [2.75, 3.05) is 40.4 Å². The Labute approximate surface area is 200 Å². The van der Waals surface area contributed by atoms with Crippen molar-refractivity contribution in [3.05, 3.63) is 77.1 Å². The van der Waals surface area contributed by atoms with Gasteiger partial charge >= 0.3 is 0 Å². The number of para-hydroxylation sites is 1. The van der Waals surface area contributed by atoms with Gasteiger partial charge in [0.1, 0.15) is 11.5 Å². The van der Waals surface area contributed by atoms with Gasteiger partial charge in [-0.15, -0.1) is 0 Å². The minimum Gasteiger partial charge on any atom is -0.497 e. The Morgan fingerprint density at radius 1 is 0.765 bits per heavy atom. The smallest absolute Gasteiger partial charge is 0.257 e. The second-order valence-corrected chi connectivity index (χ2v) is 8.46. The van der Waals surface area contributed by atoms with Gasteiger partial charge in [0.05, 0.1) is 25.3 Å². The van der Waals surface area contributed by atoms with E-state index in [2.05, 4.69) is 4.57 Å². The zero-order valence-electron chi connectivity index (χ0n) is 20.2. The summed E-state index contributed by atoms with van der Waals surface area (Å²) in [6.45, 7) is 6.15. The average molecular weight is 462 g/mol. The van der Waals surface area contributed by atoms with Gasteiger partial charge in [-0.3, -0.25) is 9.59 Å². The molecule has 0 N–H and O–H groups in total. The van der Waals surface area contributed by atoms with Crippen LogP contribution in [0.2, 0.25) is 0 Å². The van der Waals surface area contributed by atoms with E-state index in [-0.39, 0.29) is 11.8 Å². The molecule has 0 bridgehead atoms. The maximum atomic E-state index is 13.5. The standard InChI is InChI=1S/C27H31N3O4/c1-19-17-24(20(2)30(19)21-9-7-10-22(18-21)33-3)27(32)29-14-8-13-28(15-16-29)26(31)23-11-5-6-12-25(23)34-4/h5-7,9-12,17-18H,8,13-16H2,1-4H3. The highest BCUT2D eigenvalue weighted by Gasteiger charge is 2.27. The van der Waals surface area contributed by atoms with Gasteiger partial charge in [-0.05, 0) is 50.6 Å². The van der Waals surface area contributed by atoms with Crippen LogP contribution in [0.4, 0.5) is 0 Å². The van der Waals surface area contributed by atoms with E-state index in [1.54, 1.807) is 26.4 Å². The van der Waals surface area contributed by atoms with Crippen molar-refractivity contribution in [3.8, 4) is 17.2 Å². The van der Waals surface area contributed by atoms with E-state index in [0.717, 1.165) is 29.2 Å². The van der Waals surface area contributed by atoms with Gasteiger partial charge in [0.2, 0.25) is 0 Å². The number of hydrogen-bond acceptors (Lipinski definition) is 4. The molecular formula is C27H31N3O4. The summed E-state index contributed by atoms with van der Waals surface area (Å²) in [7, 11) is 3.21. The van der Waals surface area contributed by atoms with Crippen LogP contribution in [-0.4, -0.2) is 66.6 Å². The highest BCUT2D eigenvalue weighted by atomic mass is 16.5. The van der Waals surface area contributed by atoms with Crippen molar-refractivity contribution in [3.63, 3.8) is 0 Å². The normalized spacial score (nSPS) is 14.0. The molecule has 178 valence electrons. The Bertz CT molecular complexity index is 1200. The minimum absolute atomic E-state index is 0.00571. The summed E-state index contributed by atoms with van der Waals surface area (Å²) in [5.41, 5.74) is 4.06. The molecule has 0 unspecified atom stereocenters. The number of rotatable bonds is 5. The van der Waals surface area contributed by atoms with E-state index in [9.17, 15) is 9.59 Å². The topological polar surface area (TPSA) is 64.0 Å². The molecule has 1 fully saturated rings. The van der Waals surface area contributed by atoms with Crippen LogP contribution in [0.15, 0.2) is 54.6 Å². The molecule has 0 atom stereocenters. The summed E-state index contributed by atoms with van der Waals surface area (Å²) in [6, 6.07) is 17.0. The number of nitrogens with zero attached hydrogens (tertiary/aromatic N) is 3. The van der Waals surface area contributed by atoms with Gasteiger partial charge in [-0.2, -0.15) is 0 Å². The summed E-state index contributed by atoms with van der Waals surface area (Å²) in [4.78, 5) is 30.3. The third-order valence-corrected chi connectivity index (χ3v) is 6.38. The van der Waals surface area contributed by atoms with E-state index in [0.29, 0.717) is 43.1 Å². The molecule has 34 heavy (non-hydrogen) atoms. The van der Waals surface area contributed by atoms with Crippen LogP contribution in [0.5, 0.6) is 11.5 Å². The Kier molecular flexibility index (Phi) is 6.91. The Morgan fingerprint density at radius 2 is 1.44 bits per heavy atom. The van der Waals surface area contributed by atoms with Gasteiger partial charge in [-0.1, -0.05) is 18.2 Å². The average Bonchev–Trinajstić information content (AvgIpc) is 3.02. The molecule has 7 nitrogen and oxygen atoms in total. The van der Waals surface area contributed by atoms with Crippen molar-refractivity contribution in [1.29, 1.82) is 0 Å². The Balaban J connectivity index is 1.52. The molecule has 0 radical (unpaired) electrons. The summed E-state index contributed by atoms with van der Waals surface area (Å²) < 4.78 is 12.8. The predicted molar refractivity (Wildman–Crippen MR) is 131 cm³/mol. The van der Waals surface area contributed by atoms with Crippen LogP contribution >= 0.6 is 0 Å². The number of ether oxygens (including phenoxy) is 2. The number of carbonyl (C=O) groups is 2. The van der Waals surface area contributed by atoms with Gasteiger partial charge in [0.25, 0.3) is 11.8 Å². The lowest BCUT2D eigenvalue weighted by molar-refractivity contribution is 0.0716. The highest BCUT2D eigenvalue weighted by molar-refractivity contribution is 5.97. The number of benzene rings is 2. The van der Waals surface area contributed by atoms with Crippen molar-refractivity contribution in [2.24, 2.45) is 0 Å². The molecule has 0 spiro atoms. The van der Waals surface area contributed by atoms with Crippen LogP contribution in [0.3, 0.4) is 0 Å². The third kappa shape index (κ3) is 4.51. The highest BCUT2D eigenvalue weighted by Crippen LogP contribution is 2.25. The molecule has 0 aliphatic carbocycles. The van der Waals surface area contributed by atoms with E-state index in [1.165, 1.54) is 0 Å². The summed E-state index contributed by atoms with van der Waals surface area (Å²) in [6.07, 6.45) is 0.723. The Morgan fingerprint density at radius 3 is 2.12 bits per heavy atom. The lowest BCUT2D eigenvalue weighted by atomic mass is 10.1. The quantitative estimate of drug-likeness (QED) is 0.574. The van der Waals surface area contributed by atoms with Gasteiger partial charge in [-0.25, -0.2) is 0 Å². The van der Waals surface area contributed by atoms with E-state index < -0.39 is 0 Å². The van der Waals surface area contributed by atoms with Crippen LogP contribution in [0.25, 0.3) is 5.69 Å². The van der Waals surface area contributed by atoms with Crippen molar-refractivity contribution in [2.45, 2.75) is 20.3 Å². The van der Waals surface area contributed by atoms with Crippen LogP contribution in [0, 0.1) is 13.8 Å². The van der Waals surface area contributed by atoms with E-state index in [4.69, 9.17) is 9.47 Å². The number of aromatic nitrogens is 1. The van der Waals surface area contributed by atoms with Crippen molar-refractivity contribution < 1.29 is 19.1 Å². The molecular weight excluding hydrogens is 430 g/mol. The molecule has 1 aliphatic heterocycles. The minimum atomic E-state index is -0.0667. The number of amides is 2. The number of hydrogen-bond donors (Lipinski definition) is 0. The fraction of sp³-hybridized carbons (Fsp3) is 0.333. The zero-order valence-corrected chi connectivity index (χ0v) is 20.2. The van der Waals surface area contributed by atoms with E-state index in [1.807, 2.05) is 66.1 Å². The lowest BCUT2D eigenvalue weighted by Gasteiger charge is -2.23. The molecule has 2 amide bonds. The first kappa shape index (κ1) is 23.4. The first-order valence-electron chi connectivity index (χ1n) is 11.5. The maximum Gasteiger partial charge on any atom is 0.257 e. The van der Waals surface area contributed by atoms with Gasteiger partial charge in [0.15, 0.2) is 0 Å². The second kappa shape index (κ2) is 10.0. The predicted octanol–water partition coefficient (Wildman–Crippen LogP) is 4.10. The lowest BCUT2D eigenvalue weighted by Crippen LogP contribution is -2.37. The van der Waals surface area contributed by atoms with Gasteiger partial charge in [0, 0.05) is 49.3 Å². The third-order valence-electron chi connectivity index (χ3n) is 6.38. The second-order valence-electron chi connectivity index (χ2n) is 8.46. The summed E-state index contributed by atoms with van der Waals surface area (Å²) in [5, 5.41) is 0. The molecule has 3 aromatic rings. The molecule has 7 heteroatoms. The summed E-state index contributed by atoms with van der Waals surface area (Å²) >= 11 is 0. The molecule has 2 aromatic carbocycles. The fourth-order valence-corrected chi connectivity index (χ4v) is 4.61. The maximum absolute atomic E-state index is 13.5. The SMILES string of the molecule is COc1cccc(-n2c(C)cc(C(=O)N3CCCN(C(=O)c4ccccc4OC)CC3)c2C)c1. The molecule has 2 heterocycles. The first-order valence-corrected chi connectivity index (χ1v) is 11.5. The molecule has 0 saturated carbocycles. The monoisotopic (exact) mass is 461 g/mol. The van der Waals surface area contributed by atoms with Crippen LogP contribution in [-0.2, 0) is 0 Å². The molecule has 1 saturated heterocycles. The summed E-state index contributed by atoms with van der Waals surface area (Å²) in [5.74, 6) is 1.26. The molecule has 1 aliphatic rings. The fourth-order valence-electron chi connectivity index (χ4n) is 4.61. The van der Waals surface area contributed by atoms with E-state index >= 15 is 0 Å². The van der Waals surface area contributed by atoms with Crippen molar-refractivity contribution >= 4 is 11.8 Å². The number of carbonyl (C=O) groups excluding carboxylic acids is 2. The van der Waals surface area contributed by atoms with Crippen LogP contribution < -0.4 is 9.47 Å². The number of aryl methyl sites for hydroxylation is 1.